The highest BCUT2D eigenvalue weighted by molar-refractivity contribution is 5.17. The Hall–Kier alpha value is -1.72. The number of rotatable bonds is 5. The maximum absolute atomic E-state index is 10.4. The fourth-order valence-electron chi connectivity index (χ4n) is 2.96. The van der Waals surface area contributed by atoms with Crippen LogP contribution in [0.5, 0.6) is 0 Å². The van der Waals surface area contributed by atoms with Crippen LogP contribution in [0.15, 0.2) is 34.9 Å². The van der Waals surface area contributed by atoms with E-state index in [0.29, 0.717) is 12.4 Å². The van der Waals surface area contributed by atoms with Gasteiger partial charge in [0.2, 0.25) is 5.89 Å². The van der Waals surface area contributed by atoms with Crippen LogP contribution < -0.4 is 0 Å². The Morgan fingerprint density at radius 1 is 1.32 bits per heavy atom. The minimum Gasteiger partial charge on any atom is -0.387 e. The molecule has 1 aliphatic heterocycles. The van der Waals surface area contributed by atoms with Crippen LogP contribution >= 0.6 is 0 Å². The molecule has 0 radical (unpaired) electrons. The van der Waals surface area contributed by atoms with E-state index < -0.39 is 6.10 Å². The Bertz CT molecular complexity index is 597. The molecule has 0 amide bonds. The maximum Gasteiger partial charge on any atom is 0.229 e. The average Bonchev–Trinajstić information content (AvgIpc) is 3.16. The van der Waals surface area contributed by atoms with Crippen molar-refractivity contribution in [2.24, 2.45) is 0 Å². The third kappa shape index (κ3) is 3.20. The summed E-state index contributed by atoms with van der Waals surface area (Å²) in [6, 6.07) is 9.93. The minimum absolute atomic E-state index is 0.148. The van der Waals surface area contributed by atoms with E-state index in [4.69, 9.17) is 4.52 Å². The molecule has 1 saturated heterocycles. The molecular weight excluding hydrogens is 278 g/mol. The van der Waals surface area contributed by atoms with Gasteiger partial charge in [-0.05, 0) is 24.9 Å². The molecular formula is C17H23N3O2. The molecule has 2 heterocycles. The van der Waals surface area contributed by atoms with Crippen LogP contribution in [0, 0.1) is 0 Å². The van der Waals surface area contributed by atoms with E-state index in [-0.39, 0.29) is 12.0 Å². The van der Waals surface area contributed by atoms with Gasteiger partial charge in [0.05, 0.1) is 12.1 Å². The van der Waals surface area contributed by atoms with Crippen molar-refractivity contribution in [2.75, 3.05) is 13.1 Å². The van der Waals surface area contributed by atoms with E-state index in [9.17, 15) is 5.11 Å². The Kier molecular flexibility index (Phi) is 4.55. The number of aliphatic hydroxyl groups excluding tert-OH is 1. The summed E-state index contributed by atoms with van der Waals surface area (Å²) in [5.74, 6) is 1.68. The van der Waals surface area contributed by atoms with Gasteiger partial charge in [0, 0.05) is 12.5 Å². The highest BCUT2D eigenvalue weighted by atomic mass is 16.5. The predicted molar refractivity (Wildman–Crippen MR) is 83.3 cm³/mol. The maximum atomic E-state index is 10.4. The van der Waals surface area contributed by atoms with Gasteiger partial charge in [0.1, 0.15) is 0 Å². The lowest BCUT2D eigenvalue weighted by molar-refractivity contribution is 0.103. The van der Waals surface area contributed by atoms with Gasteiger partial charge in [-0.15, -0.1) is 0 Å². The molecule has 1 aromatic heterocycles. The summed E-state index contributed by atoms with van der Waals surface area (Å²) in [6.45, 7) is 5.64. The lowest BCUT2D eigenvalue weighted by atomic mass is 10.1. The van der Waals surface area contributed by atoms with Crippen molar-refractivity contribution in [3.05, 3.63) is 47.6 Å². The molecule has 5 nitrogen and oxygen atoms in total. The number of likely N-dealkylation sites (tertiary alicyclic amines) is 1. The van der Waals surface area contributed by atoms with Gasteiger partial charge in [0.25, 0.3) is 0 Å². The summed E-state index contributed by atoms with van der Waals surface area (Å²) in [4.78, 5) is 6.78. The highest BCUT2D eigenvalue weighted by Crippen LogP contribution is 2.32. The first-order valence-electron chi connectivity index (χ1n) is 7.95. The third-order valence-electron chi connectivity index (χ3n) is 4.20. The fraction of sp³-hybridized carbons (Fsp3) is 0.529. The lowest BCUT2D eigenvalue weighted by Crippen LogP contribution is -2.29. The molecule has 1 aliphatic rings. The summed E-state index contributed by atoms with van der Waals surface area (Å²) in [5, 5.41) is 14.6. The summed E-state index contributed by atoms with van der Waals surface area (Å²) >= 11 is 0. The summed E-state index contributed by atoms with van der Waals surface area (Å²) in [6.07, 6.45) is 1.62. The van der Waals surface area contributed by atoms with Gasteiger partial charge in [-0.1, -0.05) is 49.3 Å². The van der Waals surface area contributed by atoms with Crippen molar-refractivity contribution >= 4 is 0 Å². The van der Waals surface area contributed by atoms with Gasteiger partial charge in [-0.2, -0.15) is 4.98 Å². The summed E-state index contributed by atoms with van der Waals surface area (Å²) in [7, 11) is 0. The van der Waals surface area contributed by atoms with Crippen LogP contribution in [-0.2, 0) is 0 Å². The van der Waals surface area contributed by atoms with Crippen LogP contribution in [0.25, 0.3) is 0 Å². The number of aromatic nitrogens is 2. The van der Waals surface area contributed by atoms with Gasteiger partial charge >= 0.3 is 0 Å². The van der Waals surface area contributed by atoms with Gasteiger partial charge in [0.15, 0.2) is 5.82 Å². The normalized spacial score (nSPS) is 20.6. The van der Waals surface area contributed by atoms with Crippen LogP contribution in [0.2, 0.25) is 0 Å². The molecule has 2 aromatic rings. The van der Waals surface area contributed by atoms with Crippen molar-refractivity contribution in [3.8, 4) is 0 Å². The smallest absolute Gasteiger partial charge is 0.229 e. The molecule has 1 N–H and O–H groups in total. The first kappa shape index (κ1) is 15.2. The number of hydrogen-bond acceptors (Lipinski definition) is 5. The fourth-order valence-corrected chi connectivity index (χ4v) is 2.96. The SMILES string of the molecule is CC(C)c1nc(C2CCCN2CC(O)c2ccccc2)no1. The molecule has 1 fully saturated rings. The molecule has 2 unspecified atom stereocenters. The van der Waals surface area contributed by atoms with Crippen molar-refractivity contribution in [3.63, 3.8) is 0 Å². The number of nitrogens with zero attached hydrogens (tertiary/aromatic N) is 3. The van der Waals surface area contributed by atoms with Gasteiger partial charge in [-0.25, -0.2) is 0 Å². The zero-order chi connectivity index (χ0) is 15.5. The number of hydrogen-bond donors (Lipinski definition) is 1. The summed E-state index contributed by atoms with van der Waals surface area (Å²) < 4.78 is 5.33. The number of aliphatic hydroxyl groups is 1. The van der Waals surface area contributed by atoms with E-state index in [0.717, 1.165) is 30.8 Å². The molecule has 118 valence electrons. The van der Waals surface area contributed by atoms with Gasteiger partial charge < -0.3 is 9.63 Å². The first-order valence-corrected chi connectivity index (χ1v) is 7.95. The average molecular weight is 301 g/mol. The van der Waals surface area contributed by atoms with Crippen LogP contribution in [0.3, 0.4) is 0 Å². The summed E-state index contributed by atoms with van der Waals surface area (Å²) in [5.41, 5.74) is 0.948. The second kappa shape index (κ2) is 6.58. The van der Waals surface area contributed by atoms with E-state index >= 15 is 0 Å². The topological polar surface area (TPSA) is 62.4 Å². The van der Waals surface area contributed by atoms with E-state index in [1.54, 1.807) is 0 Å². The lowest BCUT2D eigenvalue weighted by Gasteiger charge is -2.24. The van der Waals surface area contributed by atoms with E-state index in [1.165, 1.54) is 0 Å². The third-order valence-corrected chi connectivity index (χ3v) is 4.20. The van der Waals surface area contributed by atoms with Crippen molar-refractivity contribution in [2.45, 2.75) is 44.8 Å². The molecule has 5 heteroatoms. The standard InChI is InChI=1S/C17H23N3O2/c1-12(2)17-18-16(19-22-17)14-9-6-10-20(14)11-15(21)13-7-4-3-5-8-13/h3-5,7-8,12,14-15,21H,6,9-11H2,1-2H3. The quantitative estimate of drug-likeness (QED) is 0.919. The minimum atomic E-state index is -0.488. The first-order chi connectivity index (χ1) is 10.6. The molecule has 1 aromatic carbocycles. The monoisotopic (exact) mass is 301 g/mol. The van der Waals surface area contributed by atoms with Crippen LogP contribution in [0.4, 0.5) is 0 Å². The molecule has 0 bridgehead atoms. The van der Waals surface area contributed by atoms with Crippen molar-refractivity contribution in [1.29, 1.82) is 0 Å². The molecule has 0 aliphatic carbocycles. The second-order valence-electron chi connectivity index (χ2n) is 6.22. The van der Waals surface area contributed by atoms with E-state index in [2.05, 4.69) is 15.0 Å². The second-order valence-corrected chi connectivity index (χ2v) is 6.22. The van der Waals surface area contributed by atoms with Crippen LogP contribution in [-0.4, -0.2) is 33.2 Å². The Balaban J connectivity index is 1.70. The molecule has 2 atom stereocenters. The van der Waals surface area contributed by atoms with E-state index in [1.807, 2.05) is 44.2 Å². The highest BCUT2D eigenvalue weighted by Gasteiger charge is 2.31. The van der Waals surface area contributed by atoms with Crippen LogP contribution in [0.1, 0.15) is 62.0 Å². The zero-order valence-electron chi connectivity index (χ0n) is 13.1. The number of benzene rings is 1. The van der Waals surface area contributed by atoms with Crippen molar-refractivity contribution < 1.29 is 9.63 Å². The Labute approximate surface area is 131 Å². The van der Waals surface area contributed by atoms with Crippen molar-refractivity contribution in [1.82, 2.24) is 15.0 Å². The molecule has 0 saturated carbocycles. The molecule has 3 rings (SSSR count). The Morgan fingerprint density at radius 2 is 2.09 bits per heavy atom. The predicted octanol–water partition coefficient (Wildman–Crippen LogP) is 3.06. The Morgan fingerprint density at radius 3 is 2.77 bits per heavy atom. The van der Waals surface area contributed by atoms with Gasteiger partial charge in [-0.3, -0.25) is 4.90 Å². The largest absolute Gasteiger partial charge is 0.387 e. The zero-order valence-corrected chi connectivity index (χ0v) is 13.1. The molecule has 0 spiro atoms. The molecule has 22 heavy (non-hydrogen) atoms. The number of β-amino-alcohol motifs (C(OH)–C–C–N with tert-alkyl or cyclic N) is 1.